The minimum atomic E-state index is -0.168. The molecule has 9 nitrogen and oxygen atoms in total. The average molecular weight is 526 g/mol. The Morgan fingerprint density at radius 1 is 1.03 bits per heavy atom. The Balaban J connectivity index is 1.20. The summed E-state index contributed by atoms with van der Waals surface area (Å²) in [6.07, 6.45) is 5.82. The van der Waals surface area contributed by atoms with Gasteiger partial charge in [-0.1, -0.05) is 12.1 Å². The largest absolute Gasteiger partial charge is 0.379 e. The Morgan fingerprint density at radius 3 is 2.62 bits per heavy atom. The van der Waals surface area contributed by atoms with Gasteiger partial charge in [-0.2, -0.15) is 0 Å². The van der Waals surface area contributed by atoms with Crippen LogP contribution in [0.1, 0.15) is 24.3 Å². The summed E-state index contributed by atoms with van der Waals surface area (Å²) in [7, 11) is 0. The van der Waals surface area contributed by atoms with Gasteiger partial charge in [-0.25, -0.2) is 9.97 Å². The fraction of sp³-hybridized carbons (Fsp3) is 0.367. The maximum Gasteiger partial charge on any atom is 0.259 e. The molecule has 39 heavy (non-hydrogen) atoms. The molecule has 0 radical (unpaired) electrons. The van der Waals surface area contributed by atoms with Crippen LogP contribution in [0.3, 0.4) is 0 Å². The zero-order chi connectivity index (χ0) is 26.4. The van der Waals surface area contributed by atoms with Crippen LogP contribution >= 0.6 is 0 Å². The number of benzene rings is 1. The molecule has 4 N–H and O–H groups in total. The van der Waals surface area contributed by atoms with Gasteiger partial charge >= 0.3 is 0 Å². The van der Waals surface area contributed by atoms with Crippen LogP contribution in [0.25, 0.3) is 22.0 Å². The van der Waals surface area contributed by atoms with E-state index in [4.69, 9.17) is 9.72 Å². The number of nitrogens with one attached hydrogen (secondary N) is 4. The van der Waals surface area contributed by atoms with E-state index >= 15 is 0 Å². The Hall–Kier alpha value is -3.79. The number of morpholine rings is 1. The zero-order valence-electron chi connectivity index (χ0n) is 22.1. The van der Waals surface area contributed by atoms with Gasteiger partial charge in [0.15, 0.2) is 0 Å². The van der Waals surface area contributed by atoms with Crippen molar-refractivity contribution in [2.45, 2.75) is 18.8 Å². The van der Waals surface area contributed by atoms with Crippen LogP contribution in [0.5, 0.6) is 0 Å². The molecule has 5 heterocycles. The van der Waals surface area contributed by atoms with Crippen LogP contribution < -0.4 is 21.5 Å². The fourth-order valence-corrected chi connectivity index (χ4v) is 5.40. The van der Waals surface area contributed by atoms with Crippen molar-refractivity contribution >= 4 is 28.1 Å². The van der Waals surface area contributed by atoms with Crippen molar-refractivity contribution in [2.75, 3.05) is 63.1 Å². The number of hydrogen-bond acceptors (Lipinski definition) is 8. The highest BCUT2D eigenvalue weighted by atomic mass is 16.5. The predicted molar refractivity (Wildman–Crippen MR) is 156 cm³/mol. The maximum absolute atomic E-state index is 12.8. The van der Waals surface area contributed by atoms with Crippen molar-refractivity contribution in [3.8, 4) is 11.3 Å². The van der Waals surface area contributed by atoms with E-state index in [1.54, 1.807) is 6.20 Å². The number of piperidine rings is 1. The Bertz CT molecular complexity index is 1440. The molecule has 0 saturated carbocycles. The molecule has 9 heteroatoms. The summed E-state index contributed by atoms with van der Waals surface area (Å²) in [5, 5.41) is 11.6. The zero-order valence-corrected chi connectivity index (χ0v) is 22.1. The molecule has 0 amide bonds. The molecule has 202 valence electrons. The quantitative estimate of drug-likeness (QED) is 0.274. The van der Waals surface area contributed by atoms with Crippen LogP contribution in [0.4, 0.5) is 17.3 Å². The average Bonchev–Trinajstić information content (AvgIpc) is 2.99. The van der Waals surface area contributed by atoms with Crippen LogP contribution in [0.15, 0.2) is 65.7 Å². The summed E-state index contributed by atoms with van der Waals surface area (Å²) >= 11 is 0. The number of anilines is 3. The van der Waals surface area contributed by atoms with E-state index in [-0.39, 0.29) is 5.56 Å². The lowest BCUT2D eigenvalue weighted by Gasteiger charge is -2.26. The minimum Gasteiger partial charge on any atom is -0.379 e. The minimum absolute atomic E-state index is 0.168. The first kappa shape index (κ1) is 25.5. The predicted octanol–water partition coefficient (Wildman–Crippen LogP) is 3.94. The van der Waals surface area contributed by atoms with Crippen molar-refractivity contribution in [2.24, 2.45) is 0 Å². The van der Waals surface area contributed by atoms with E-state index < -0.39 is 0 Å². The lowest BCUT2D eigenvalue weighted by atomic mass is 9.90. The van der Waals surface area contributed by atoms with Crippen LogP contribution in [0, 0.1) is 0 Å². The standard InChI is InChI=1S/C30H35N7O2/c38-30-28-23(9-12-33-30)19-26(24-3-6-27(34-20-24)32-13-14-37-15-17-39-18-16-37)36-29(28)35-25-4-1-21(2-5-25)22-7-10-31-11-8-22/h1-6,9,12,19-20,22,31H,7-8,10-11,13-18H2,(H,32,34)(H,33,38)(H,35,36). The van der Waals surface area contributed by atoms with Gasteiger partial charge in [-0.15, -0.1) is 0 Å². The normalized spacial score (nSPS) is 16.8. The highest BCUT2D eigenvalue weighted by molar-refractivity contribution is 5.95. The first-order valence-corrected chi connectivity index (χ1v) is 13.8. The first-order chi connectivity index (χ1) is 19.2. The van der Waals surface area contributed by atoms with Crippen molar-refractivity contribution in [1.82, 2.24) is 25.2 Å². The molecule has 1 aromatic carbocycles. The second-order valence-corrected chi connectivity index (χ2v) is 10.2. The number of H-pyrrole nitrogens is 1. The summed E-state index contributed by atoms with van der Waals surface area (Å²) < 4.78 is 5.42. The van der Waals surface area contributed by atoms with Gasteiger partial charge in [0, 0.05) is 49.8 Å². The number of nitrogens with zero attached hydrogens (tertiary/aromatic N) is 3. The Morgan fingerprint density at radius 2 is 1.85 bits per heavy atom. The molecule has 0 bridgehead atoms. The number of rotatable bonds is 8. The van der Waals surface area contributed by atoms with Gasteiger partial charge in [0.1, 0.15) is 11.6 Å². The van der Waals surface area contributed by atoms with E-state index in [1.807, 2.05) is 30.5 Å². The number of fused-ring (bicyclic) bond motifs is 1. The van der Waals surface area contributed by atoms with Gasteiger partial charge in [0.05, 0.1) is 24.3 Å². The smallest absolute Gasteiger partial charge is 0.259 e. The van der Waals surface area contributed by atoms with Crippen LogP contribution in [0.2, 0.25) is 0 Å². The van der Waals surface area contributed by atoms with Gasteiger partial charge in [0.2, 0.25) is 0 Å². The highest BCUT2D eigenvalue weighted by Crippen LogP contribution is 2.30. The third-order valence-corrected chi connectivity index (χ3v) is 7.64. The lowest BCUT2D eigenvalue weighted by molar-refractivity contribution is 0.0398. The maximum atomic E-state index is 12.8. The van der Waals surface area contributed by atoms with Crippen molar-refractivity contribution in [1.29, 1.82) is 0 Å². The molecule has 2 aliphatic heterocycles. The molecule has 0 aliphatic carbocycles. The molecule has 4 aromatic rings. The van der Waals surface area contributed by atoms with E-state index in [0.717, 1.165) is 93.5 Å². The summed E-state index contributed by atoms with van der Waals surface area (Å²) in [6.45, 7) is 7.48. The summed E-state index contributed by atoms with van der Waals surface area (Å²) in [5.41, 5.74) is 3.74. The third kappa shape index (κ3) is 6.11. The van der Waals surface area contributed by atoms with E-state index in [2.05, 4.69) is 55.1 Å². The van der Waals surface area contributed by atoms with Gasteiger partial charge in [-0.05, 0) is 79.2 Å². The molecule has 0 unspecified atom stereocenters. The molecule has 2 aliphatic rings. The number of aromatic amines is 1. The van der Waals surface area contributed by atoms with Crippen LogP contribution in [-0.2, 0) is 4.74 Å². The molecule has 3 aromatic heterocycles. The van der Waals surface area contributed by atoms with Gasteiger partial charge in [-0.3, -0.25) is 9.69 Å². The van der Waals surface area contributed by atoms with Crippen molar-refractivity contribution < 1.29 is 4.74 Å². The van der Waals surface area contributed by atoms with Gasteiger partial charge in [0.25, 0.3) is 5.56 Å². The number of hydrogen-bond donors (Lipinski definition) is 4. The van der Waals surface area contributed by atoms with E-state index in [1.165, 1.54) is 5.56 Å². The molecule has 0 atom stereocenters. The van der Waals surface area contributed by atoms with Gasteiger partial charge < -0.3 is 25.7 Å². The second-order valence-electron chi connectivity index (χ2n) is 10.2. The Labute approximate surface area is 228 Å². The molecule has 6 rings (SSSR count). The van der Waals surface area contributed by atoms with Crippen LogP contribution in [-0.4, -0.2) is 72.3 Å². The molecule has 2 saturated heterocycles. The summed E-state index contributed by atoms with van der Waals surface area (Å²) in [4.78, 5) is 27.5. The number of ether oxygens (including phenoxy) is 1. The topological polar surface area (TPSA) is 107 Å². The Kier molecular flexibility index (Phi) is 7.80. The molecular weight excluding hydrogens is 490 g/mol. The molecule has 0 spiro atoms. The second kappa shape index (κ2) is 11.9. The van der Waals surface area contributed by atoms with E-state index in [0.29, 0.717) is 17.1 Å². The van der Waals surface area contributed by atoms with E-state index in [9.17, 15) is 4.79 Å². The monoisotopic (exact) mass is 525 g/mol. The summed E-state index contributed by atoms with van der Waals surface area (Å²) in [5.74, 6) is 1.96. The summed E-state index contributed by atoms with van der Waals surface area (Å²) in [6, 6.07) is 16.4. The van der Waals surface area contributed by atoms with Crippen molar-refractivity contribution in [3.63, 3.8) is 0 Å². The molecule has 2 fully saturated rings. The fourth-order valence-electron chi connectivity index (χ4n) is 5.40. The van der Waals surface area contributed by atoms with Crippen molar-refractivity contribution in [3.05, 3.63) is 76.8 Å². The molecular formula is C30H35N7O2. The third-order valence-electron chi connectivity index (χ3n) is 7.64. The number of pyridine rings is 3. The lowest BCUT2D eigenvalue weighted by Crippen LogP contribution is -2.39. The first-order valence-electron chi connectivity index (χ1n) is 13.8. The number of aromatic nitrogens is 3. The highest BCUT2D eigenvalue weighted by Gasteiger charge is 2.16. The SMILES string of the molecule is O=c1[nH]ccc2cc(-c3ccc(NCCN4CCOCC4)nc3)nc(Nc3ccc(C4CCNCC4)cc3)c12.